The van der Waals surface area contributed by atoms with Gasteiger partial charge in [-0.05, 0) is 50.0 Å². The van der Waals surface area contributed by atoms with Crippen molar-refractivity contribution in [2.45, 2.75) is 24.3 Å². The SMILES string of the molecule is NS(=O)(=O)c1ccccc1CNCC1CCNCC1. The highest BCUT2D eigenvalue weighted by molar-refractivity contribution is 7.89. The molecule has 0 spiro atoms. The lowest BCUT2D eigenvalue weighted by atomic mass is 9.98. The van der Waals surface area contributed by atoms with E-state index in [1.807, 2.05) is 6.07 Å². The van der Waals surface area contributed by atoms with Crippen LogP contribution in [0.1, 0.15) is 18.4 Å². The summed E-state index contributed by atoms with van der Waals surface area (Å²) >= 11 is 0. The molecule has 0 aliphatic carbocycles. The first-order valence-corrected chi connectivity index (χ1v) is 8.14. The molecule has 19 heavy (non-hydrogen) atoms. The first-order chi connectivity index (χ1) is 9.07. The lowest BCUT2D eigenvalue weighted by Crippen LogP contribution is -2.33. The summed E-state index contributed by atoms with van der Waals surface area (Å²) in [6.07, 6.45) is 2.34. The summed E-state index contributed by atoms with van der Waals surface area (Å²) in [5.74, 6) is 0.669. The molecule has 1 heterocycles. The van der Waals surface area contributed by atoms with E-state index in [0.717, 1.165) is 25.2 Å². The van der Waals surface area contributed by atoms with Crippen molar-refractivity contribution in [3.63, 3.8) is 0 Å². The number of hydrogen-bond acceptors (Lipinski definition) is 4. The molecular weight excluding hydrogens is 262 g/mol. The van der Waals surface area contributed by atoms with E-state index in [1.165, 1.54) is 12.8 Å². The second kappa shape index (κ2) is 6.47. The fourth-order valence-electron chi connectivity index (χ4n) is 2.42. The first-order valence-electron chi connectivity index (χ1n) is 6.59. The quantitative estimate of drug-likeness (QED) is 0.731. The summed E-state index contributed by atoms with van der Waals surface area (Å²) in [5, 5.41) is 11.9. The molecule has 106 valence electrons. The van der Waals surface area contributed by atoms with Gasteiger partial charge in [0, 0.05) is 6.54 Å². The Kier molecular flexibility index (Phi) is 4.93. The summed E-state index contributed by atoms with van der Waals surface area (Å²) in [6.45, 7) is 3.59. The number of piperidine rings is 1. The lowest BCUT2D eigenvalue weighted by molar-refractivity contribution is 0.356. The maximum absolute atomic E-state index is 11.5. The molecule has 0 saturated carbocycles. The zero-order valence-corrected chi connectivity index (χ0v) is 11.7. The van der Waals surface area contributed by atoms with Crippen molar-refractivity contribution in [2.75, 3.05) is 19.6 Å². The van der Waals surface area contributed by atoms with E-state index in [9.17, 15) is 8.42 Å². The molecule has 0 bridgehead atoms. The molecule has 1 fully saturated rings. The van der Waals surface area contributed by atoms with Crippen molar-refractivity contribution in [2.24, 2.45) is 11.1 Å². The molecule has 5 nitrogen and oxygen atoms in total. The van der Waals surface area contributed by atoms with E-state index in [0.29, 0.717) is 12.5 Å². The van der Waals surface area contributed by atoms with E-state index in [-0.39, 0.29) is 4.90 Å². The third-order valence-electron chi connectivity index (χ3n) is 3.49. The van der Waals surface area contributed by atoms with Crippen LogP contribution in [0.5, 0.6) is 0 Å². The van der Waals surface area contributed by atoms with Crippen LogP contribution < -0.4 is 15.8 Å². The Hall–Kier alpha value is -0.950. The zero-order chi connectivity index (χ0) is 13.7. The van der Waals surface area contributed by atoms with Gasteiger partial charge in [0.15, 0.2) is 0 Å². The highest BCUT2D eigenvalue weighted by atomic mass is 32.2. The Morgan fingerprint density at radius 1 is 1.26 bits per heavy atom. The number of rotatable bonds is 5. The summed E-state index contributed by atoms with van der Waals surface area (Å²) in [6, 6.07) is 6.87. The second-order valence-corrected chi connectivity index (χ2v) is 6.51. The average Bonchev–Trinajstić information content (AvgIpc) is 2.39. The minimum atomic E-state index is -3.64. The van der Waals surface area contributed by atoms with Crippen LogP contribution >= 0.6 is 0 Å². The third kappa shape index (κ3) is 4.28. The van der Waals surface area contributed by atoms with Crippen LogP contribution in [0, 0.1) is 5.92 Å². The summed E-state index contributed by atoms with van der Waals surface area (Å²) in [7, 11) is -3.64. The molecule has 0 atom stereocenters. The number of nitrogens with one attached hydrogen (secondary N) is 2. The van der Waals surface area contributed by atoms with Crippen LogP contribution in [0.4, 0.5) is 0 Å². The smallest absolute Gasteiger partial charge is 0.238 e. The van der Waals surface area contributed by atoms with E-state index >= 15 is 0 Å². The number of benzene rings is 1. The van der Waals surface area contributed by atoms with Gasteiger partial charge in [0.05, 0.1) is 4.90 Å². The number of nitrogens with two attached hydrogens (primary N) is 1. The van der Waals surface area contributed by atoms with Crippen molar-refractivity contribution in [3.05, 3.63) is 29.8 Å². The van der Waals surface area contributed by atoms with Crippen LogP contribution in [-0.2, 0) is 16.6 Å². The number of sulfonamides is 1. The molecule has 4 N–H and O–H groups in total. The Bertz CT molecular complexity index is 510. The molecule has 0 radical (unpaired) electrons. The Labute approximate surface area is 114 Å². The monoisotopic (exact) mass is 283 g/mol. The van der Waals surface area contributed by atoms with E-state index < -0.39 is 10.0 Å². The number of primary sulfonamides is 1. The van der Waals surface area contributed by atoms with Crippen LogP contribution in [0.25, 0.3) is 0 Å². The molecule has 1 saturated heterocycles. The van der Waals surface area contributed by atoms with Crippen LogP contribution in [-0.4, -0.2) is 28.1 Å². The van der Waals surface area contributed by atoms with Crippen LogP contribution in [0.3, 0.4) is 0 Å². The van der Waals surface area contributed by atoms with Gasteiger partial charge < -0.3 is 10.6 Å². The standard InChI is InChI=1S/C13H21N3O2S/c14-19(17,18)13-4-2-1-3-12(13)10-16-9-11-5-7-15-8-6-11/h1-4,11,15-16H,5-10H2,(H2,14,17,18). The van der Waals surface area contributed by atoms with Crippen molar-refractivity contribution in [1.82, 2.24) is 10.6 Å². The highest BCUT2D eigenvalue weighted by Crippen LogP contribution is 2.14. The molecule has 1 aliphatic heterocycles. The average molecular weight is 283 g/mol. The van der Waals surface area contributed by atoms with E-state index in [1.54, 1.807) is 18.2 Å². The van der Waals surface area contributed by atoms with Crippen molar-refractivity contribution in [1.29, 1.82) is 0 Å². The van der Waals surface area contributed by atoms with Gasteiger partial charge in [-0.2, -0.15) is 0 Å². The van der Waals surface area contributed by atoms with Gasteiger partial charge in [0.25, 0.3) is 0 Å². The molecule has 0 amide bonds. The van der Waals surface area contributed by atoms with E-state index in [4.69, 9.17) is 5.14 Å². The Balaban J connectivity index is 1.92. The molecule has 1 aliphatic rings. The Morgan fingerprint density at radius 3 is 2.63 bits per heavy atom. The third-order valence-corrected chi connectivity index (χ3v) is 4.50. The van der Waals surface area contributed by atoms with E-state index in [2.05, 4.69) is 10.6 Å². The van der Waals surface area contributed by atoms with Gasteiger partial charge >= 0.3 is 0 Å². The maximum Gasteiger partial charge on any atom is 0.238 e. The maximum atomic E-state index is 11.5. The van der Waals surface area contributed by atoms with Gasteiger partial charge in [-0.3, -0.25) is 0 Å². The molecule has 6 heteroatoms. The van der Waals surface area contributed by atoms with Gasteiger partial charge in [-0.1, -0.05) is 18.2 Å². The molecule has 2 rings (SSSR count). The van der Waals surface area contributed by atoms with Crippen LogP contribution in [0.15, 0.2) is 29.2 Å². The fraction of sp³-hybridized carbons (Fsp3) is 0.538. The summed E-state index contributed by atoms with van der Waals surface area (Å²) in [4.78, 5) is 0.216. The molecule has 1 aromatic rings. The minimum Gasteiger partial charge on any atom is -0.317 e. The minimum absolute atomic E-state index is 0.216. The predicted octanol–water partition coefficient (Wildman–Crippen LogP) is 0.423. The van der Waals surface area contributed by atoms with Crippen LogP contribution in [0.2, 0.25) is 0 Å². The van der Waals surface area contributed by atoms with Gasteiger partial charge in [-0.15, -0.1) is 0 Å². The lowest BCUT2D eigenvalue weighted by Gasteiger charge is -2.23. The van der Waals surface area contributed by atoms with Crippen molar-refractivity contribution < 1.29 is 8.42 Å². The second-order valence-electron chi connectivity index (χ2n) is 4.98. The normalized spacial score (nSPS) is 17.5. The summed E-state index contributed by atoms with van der Waals surface area (Å²) < 4.78 is 22.9. The largest absolute Gasteiger partial charge is 0.317 e. The van der Waals surface area contributed by atoms with Crippen molar-refractivity contribution >= 4 is 10.0 Å². The number of hydrogen-bond donors (Lipinski definition) is 3. The fourth-order valence-corrected chi connectivity index (χ4v) is 3.20. The first kappa shape index (κ1) is 14.5. The predicted molar refractivity (Wildman–Crippen MR) is 75.1 cm³/mol. The topological polar surface area (TPSA) is 84.2 Å². The molecule has 0 unspecified atom stereocenters. The molecule has 1 aromatic carbocycles. The van der Waals surface area contributed by atoms with Gasteiger partial charge in [0.1, 0.15) is 0 Å². The zero-order valence-electron chi connectivity index (χ0n) is 10.9. The van der Waals surface area contributed by atoms with Gasteiger partial charge in [-0.25, -0.2) is 13.6 Å². The van der Waals surface area contributed by atoms with Gasteiger partial charge in [0.2, 0.25) is 10.0 Å². The molecule has 0 aromatic heterocycles. The Morgan fingerprint density at radius 2 is 1.95 bits per heavy atom. The van der Waals surface area contributed by atoms with Crippen molar-refractivity contribution in [3.8, 4) is 0 Å². The summed E-state index contributed by atoms with van der Waals surface area (Å²) in [5.41, 5.74) is 0.735. The molecular formula is C13H21N3O2S. The highest BCUT2D eigenvalue weighted by Gasteiger charge is 2.15.